The predicted molar refractivity (Wildman–Crippen MR) is 197 cm³/mol. The largest absolute Gasteiger partial charge is 0.454 e. The fourth-order valence-electron chi connectivity index (χ4n) is 7.81. The first-order valence-corrected chi connectivity index (χ1v) is 16.2. The van der Waals surface area contributed by atoms with Gasteiger partial charge in [-0.1, -0.05) is 103 Å². The van der Waals surface area contributed by atoms with Crippen molar-refractivity contribution >= 4 is 65.6 Å². The van der Waals surface area contributed by atoms with Crippen LogP contribution in [0.5, 0.6) is 0 Å². The van der Waals surface area contributed by atoms with Crippen molar-refractivity contribution in [2.75, 3.05) is 0 Å². The van der Waals surface area contributed by atoms with Crippen LogP contribution in [0.2, 0.25) is 0 Å². The molecule has 0 bridgehead atoms. The highest BCUT2D eigenvalue weighted by Gasteiger charge is 2.25. The minimum Gasteiger partial charge on any atom is -0.454 e. The number of hydrogen-bond acceptors (Lipinski definition) is 3. The minimum absolute atomic E-state index is 0.517. The van der Waals surface area contributed by atoms with Crippen molar-refractivity contribution in [3.05, 3.63) is 157 Å². The van der Waals surface area contributed by atoms with Crippen LogP contribution in [0.4, 0.5) is 0 Å². The van der Waals surface area contributed by atoms with Crippen LogP contribution in [-0.4, -0.2) is 9.13 Å². The lowest BCUT2D eigenvalue weighted by atomic mass is 9.95. The van der Waals surface area contributed by atoms with Gasteiger partial charge in [-0.15, -0.1) is 0 Å². The molecule has 0 aliphatic carbocycles. The molecule has 5 heteroatoms. The Balaban J connectivity index is 1.39. The van der Waals surface area contributed by atoms with Crippen LogP contribution in [0.25, 0.3) is 88.1 Å². The van der Waals surface area contributed by atoms with Crippen LogP contribution in [-0.2, 0) is 0 Å². The topological polar surface area (TPSA) is 70.6 Å². The van der Waals surface area contributed by atoms with Gasteiger partial charge in [0.2, 0.25) is 0 Å². The van der Waals surface area contributed by atoms with E-state index in [0.717, 1.165) is 88.1 Å². The van der Waals surface area contributed by atoms with E-state index in [0.29, 0.717) is 11.1 Å². The first-order chi connectivity index (χ1) is 24.3. The average Bonchev–Trinajstić information content (AvgIpc) is 3.82. The second kappa shape index (κ2) is 10.2. The summed E-state index contributed by atoms with van der Waals surface area (Å²) in [6, 6.07) is 54.0. The van der Waals surface area contributed by atoms with Crippen LogP contribution in [0.3, 0.4) is 0 Å². The zero-order valence-corrected chi connectivity index (χ0v) is 26.1. The summed E-state index contributed by atoms with van der Waals surface area (Å²) in [5, 5.41) is 27.7. The summed E-state index contributed by atoms with van der Waals surface area (Å²) >= 11 is 0. The van der Waals surface area contributed by atoms with E-state index in [2.05, 4.69) is 88.0 Å². The number of nitriles is 2. The molecule has 0 aliphatic heterocycles. The molecule has 0 N–H and O–H groups in total. The molecule has 226 valence electrons. The van der Waals surface area contributed by atoms with Crippen molar-refractivity contribution in [1.29, 1.82) is 10.5 Å². The van der Waals surface area contributed by atoms with Gasteiger partial charge in [0.25, 0.3) is 0 Å². The number of furan rings is 1. The highest BCUT2D eigenvalue weighted by atomic mass is 16.3. The standard InChI is InChI=1S/C44H24N4O/c45-25-27-11-9-17-33(41(27)47-37-19-5-1-13-29(37)30-14-2-6-20-38(30)47)34-18-10-12-28(26-46)42(34)48-39-21-7-3-15-31(39)35-23-24-36-32-16-4-8-22-40(32)49-44(36)43(35)48/h1-24H. The van der Waals surface area contributed by atoms with E-state index in [1.54, 1.807) is 0 Å². The lowest BCUT2D eigenvalue weighted by Gasteiger charge is -2.20. The summed E-state index contributed by atoms with van der Waals surface area (Å²) in [6.45, 7) is 0. The van der Waals surface area contributed by atoms with Crippen molar-refractivity contribution in [3.8, 4) is 34.6 Å². The molecular formula is C44H24N4O. The number of hydrogen-bond donors (Lipinski definition) is 0. The average molecular weight is 625 g/mol. The van der Waals surface area contributed by atoms with Crippen molar-refractivity contribution in [3.63, 3.8) is 0 Å². The molecule has 10 aromatic rings. The monoisotopic (exact) mass is 624 g/mol. The fraction of sp³-hybridized carbons (Fsp3) is 0. The van der Waals surface area contributed by atoms with E-state index in [1.807, 2.05) is 78.9 Å². The van der Waals surface area contributed by atoms with E-state index in [1.165, 1.54) is 0 Å². The van der Waals surface area contributed by atoms with Gasteiger partial charge in [0.15, 0.2) is 5.58 Å². The zero-order valence-electron chi connectivity index (χ0n) is 26.1. The molecule has 5 nitrogen and oxygen atoms in total. The quantitative estimate of drug-likeness (QED) is 0.196. The molecule has 0 saturated heterocycles. The van der Waals surface area contributed by atoms with E-state index >= 15 is 0 Å². The maximum absolute atomic E-state index is 10.8. The molecule has 0 amide bonds. The Bertz CT molecular complexity index is 3030. The fourth-order valence-corrected chi connectivity index (χ4v) is 7.81. The molecule has 3 heterocycles. The van der Waals surface area contributed by atoms with E-state index in [-0.39, 0.29) is 0 Å². The molecular weight excluding hydrogens is 601 g/mol. The summed E-state index contributed by atoms with van der Waals surface area (Å²) in [4.78, 5) is 0. The van der Waals surface area contributed by atoms with Gasteiger partial charge >= 0.3 is 0 Å². The van der Waals surface area contributed by atoms with Crippen LogP contribution in [0, 0.1) is 22.7 Å². The van der Waals surface area contributed by atoms with Gasteiger partial charge in [-0.05, 0) is 42.5 Å². The van der Waals surface area contributed by atoms with Gasteiger partial charge in [0, 0.05) is 43.4 Å². The third-order valence-electron chi connectivity index (χ3n) is 9.81. The number of rotatable bonds is 3. The predicted octanol–water partition coefficient (Wildman–Crippen LogP) is 11.2. The van der Waals surface area contributed by atoms with Crippen molar-refractivity contribution in [1.82, 2.24) is 9.13 Å². The normalized spacial score (nSPS) is 11.6. The van der Waals surface area contributed by atoms with Crippen LogP contribution in [0.15, 0.2) is 150 Å². The van der Waals surface area contributed by atoms with E-state index in [9.17, 15) is 10.5 Å². The molecule has 49 heavy (non-hydrogen) atoms. The Morgan fingerprint density at radius 3 is 1.47 bits per heavy atom. The van der Waals surface area contributed by atoms with Crippen LogP contribution in [0.1, 0.15) is 11.1 Å². The summed E-state index contributed by atoms with van der Waals surface area (Å²) in [5.74, 6) is 0. The summed E-state index contributed by atoms with van der Waals surface area (Å²) in [7, 11) is 0. The molecule has 7 aromatic carbocycles. The van der Waals surface area contributed by atoms with Crippen molar-refractivity contribution < 1.29 is 4.42 Å². The highest BCUT2D eigenvalue weighted by Crippen LogP contribution is 2.45. The van der Waals surface area contributed by atoms with Gasteiger partial charge in [-0.2, -0.15) is 10.5 Å². The van der Waals surface area contributed by atoms with Gasteiger partial charge in [0.1, 0.15) is 17.7 Å². The number of nitrogens with zero attached hydrogens (tertiary/aromatic N) is 4. The van der Waals surface area contributed by atoms with Crippen LogP contribution < -0.4 is 0 Å². The molecule has 0 fully saturated rings. The summed E-state index contributed by atoms with van der Waals surface area (Å²) in [6.07, 6.45) is 0. The smallest absolute Gasteiger partial charge is 0.160 e. The Kier molecular flexibility index (Phi) is 5.64. The summed E-state index contributed by atoms with van der Waals surface area (Å²) < 4.78 is 11.0. The van der Waals surface area contributed by atoms with E-state index in [4.69, 9.17) is 4.42 Å². The SMILES string of the molecule is N#Cc1cccc(-c2cccc(C#N)c2-n2c3ccccc3c3ccc4c5ccccc5oc4c32)c1-n1c2ccccc2c2ccccc21. The number of aromatic nitrogens is 2. The lowest BCUT2D eigenvalue weighted by Crippen LogP contribution is -2.05. The van der Waals surface area contributed by atoms with Crippen molar-refractivity contribution in [2.24, 2.45) is 0 Å². The molecule has 0 spiro atoms. The maximum atomic E-state index is 10.8. The number of fused-ring (bicyclic) bond motifs is 10. The molecule has 10 rings (SSSR count). The molecule has 0 unspecified atom stereocenters. The zero-order chi connectivity index (χ0) is 32.6. The molecule has 0 atom stereocenters. The molecule has 3 aromatic heterocycles. The Hall–Kier alpha value is -7.08. The second-order valence-electron chi connectivity index (χ2n) is 12.3. The highest BCUT2D eigenvalue weighted by molar-refractivity contribution is 6.22. The van der Waals surface area contributed by atoms with Crippen LogP contribution >= 0.6 is 0 Å². The third kappa shape index (κ3) is 3.67. The molecule has 0 saturated carbocycles. The third-order valence-corrected chi connectivity index (χ3v) is 9.81. The Morgan fingerprint density at radius 1 is 0.408 bits per heavy atom. The van der Waals surface area contributed by atoms with Crippen molar-refractivity contribution in [2.45, 2.75) is 0 Å². The van der Waals surface area contributed by atoms with E-state index < -0.39 is 0 Å². The Labute approximate surface area is 280 Å². The summed E-state index contributed by atoms with van der Waals surface area (Å²) in [5.41, 5.74) is 9.70. The number of benzene rings is 7. The Morgan fingerprint density at radius 2 is 0.878 bits per heavy atom. The molecule has 0 radical (unpaired) electrons. The second-order valence-corrected chi connectivity index (χ2v) is 12.3. The number of para-hydroxylation sites is 6. The minimum atomic E-state index is 0.517. The van der Waals surface area contributed by atoms with Gasteiger partial charge in [-0.3, -0.25) is 0 Å². The first-order valence-electron chi connectivity index (χ1n) is 16.2. The van der Waals surface area contributed by atoms with Gasteiger partial charge in [-0.25, -0.2) is 0 Å². The first kappa shape index (κ1) is 27.1. The lowest BCUT2D eigenvalue weighted by molar-refractivity contribution is 0.671. The molecule has 0 aliphatic rings. The maximum Gasteiger partial charge on any atom is 0.160 e. The van der Waals surface area contributed by atoms with Gasteiger partial charge < -0.3 is 13.6 Å². The van der Waals surface area contributed by atoms with Gasteiger partial charge in [0.05, 0.1) is 44.6 Å².